The van der Waals surface area contributed by atoms with Crippen molar-refractivity contribution in [1.82, 2.24) is 24.7 Å². The molecule has 18 heavy (non-hydrogen) atoms. The normalized spacial score (nSPS) is 10.8. The number of aliphatic hydroxyl groups excluding tert-OH is 1. The number of aliphatic hydroxyl groups is 1. The molecular formula is C9H10ClN5O2S. The zero-order valence-corrected chi connectivity index (χ0v) is 11.0. The maximum atomic E-state index is 11.4. The van der Waals surface area contributed by atoms with Crippen molar-refractivity contribution in [2.75, 3.05) is 0 Å². The van der Waals surface area contributed by atoms with E-state index in [9.17, 15) is 9.90 Å². The first kappa shape index (κ1) is 13.1. The Morgan fingerprint density at radius 2 is 2.33 bits per heavy atom. The lowest BCUT2D eigenvalue weighted by molar-refractivity contribution is 0.277. The Morgan fingerprint density at radius 3 is 3.00 bits per heavy atom. The highest BCUT2D eigenvalue weighted by Gasteiger charge is 2.14. The first-order valence-electron chi connectivity index (χ1n) is 5.10. The molecule has 0 aliphatic heterocycles. The van der Waals surface area contributed by atoms with E-state index in [1.54, 1.807) is 0 Å². The molecule has 2 aromatic heterocycles. The van der Waals surface area contributed by atoms with Crippen molar-refractivity contribution in [3.63, 3.8) is 0 Å². The third-order valence-electron chi connectivity index (χ3n) is 2.24. The standard InChI is InChI=1S/C9H10ClN5O2S/c1-2-15-8(17)13-14-9(15)18-7-5(3-16)6(10)11-4-12-7/h4,16H,2-3H2,1H3,(H,13,17). The average molecular weight is 288 g/mol. The molecule has 2 aromatic rings. The van der Waals surface area contributed by atoms with Gasteiger partial charge in [0, 0.05) is 12.1 Å². The van der Waals surface area contributed by atoms with E-state index < -0.39 is 0 Å². The number of H-pyrrole nitrogens is 1. The molecule has 7 nitrogen and oxygen atoms in total. The Labute approximate surface area is 111 Å². The van der Waals surface area contributed by atoms with E-state index in [1.807, 2.05) is 6.92 Å². The molecule has 0 atom stereocenters. The molecule has 0 aliphatic carbocycles. The minimum absolute atomic E-state index is 0.191. The monoisotopic (exact) mass is 287 g/mol. The molecule has 0 bridgehead atoms. The predicted octanol–water partition coefficient (Wildman–Crippen LogP) is 0.678. The van der Waals surface area contributed by atoms with Crippen LogP contribution in [0.3, 0.4) is 0 Å². The number of hydrogen-bond acceptors (Lipinski definition) is 6. The van der Waals surface area contributed by atoms with E-state index in [0.29, 0.717) is 22.3 Å². The minimum Gasteiger partial charge on any atom is -0.391 e. The van der Waals surface area contributed by atoms with Crippen LogP contribution in [0.15, 0.2) is 21.3 Å². The molecule has 96 valence electrons. The third-order valence-corrected chi connectivity index (χ3v) is 3.60. The maximum absolute atomic E-state index is 11.4. The van der Waals surface area contributed by atoms with Gasteiger partial charge >= 0.3 is 5.69 Å². The summed E-state index contributed by atoms with van der Waals surface area (Å²) in [5, 5.41) is 16.6. The third kappa shape index (κ3) is 2.40. The molecule has 0 spiro atoms. The smallest absolute Gasteiger partial charge is 0.343 e. The molecule has 0 saturated heterocycles. The molecule has 2 heterocycles. The summed E-state index contributed by atoms with van der Waals surface area (Å²) in [5.41, 5.74) is 0.132. The fourth-order valence-corrected chi connectivity index (χ4v) is 2.56. The van der Waals surface area contributed by atoms with Gasteiger partial charge in [-0.1, -0.05) is 11.6 Å². The summed E-state index contributed by atoms with van der Waals surface area (Å²) in [4.78, 5) is 19.2. The number of rotatable bonds is 4. The van der Waals surface area contributed by atoms with Crippen LogP contribution >= 0.6 is 23.4 Å². The van der Waals surface area contributed by atoms with Gasteiger partial charge in [-0.25, -0.2) is 19.9 Å². The van der Waals surface area contributed by atoms with Gasteiger partial charge in [0.25, 0.3) is 0 Å². The Morgan fingerprint density at radius 1 is 1.56 bits per heavy atom. The predicted molar refractivity (Wildman–Crippen MR) is 65.6 cm³/mol. The zero-order chi connectivity index (χ0) is 13.1. The summed E-state index contributed by atoms with van der Waals surface area (Å²) < 4.78 is 1.46. The zero-order valence-electron chi connectivity index (χ0n) is 9.42. The van der Waals surface area contributed by atoms with Crippen LogP contribution in [0.25, 0.3) is 0 Å². The molecule has 0 amide bonds. The molecule has 0 radical (unpaired) electrons. The SMILES string of the molecule is CCn1c(Sc2ncnc(Cl)c2CO)n[nH]c1=O. The second-order valence-electron chi connectivity index (χ2n) is 3.26. The molecule has 0 fully saturated rings. The van der Waals surface area contributed by atoms with Crippen LogP contribution < -0.4 is 5.69 Å². The Bertz CT molecular complexity index is 611. The molecule has 0 saturated carbocycles. The van der Waals surface area contributed by atoms with Crippen molar-refractivity contribution < 1.29 is 5.11 Å². The average Bonchev–Trinajstić information content (AvgIpc) is 2.70. The van der Waals surface area contributed by atoms with E-state index in [2.05, 4.69) is 20.2 Å². The largest absolute Gasteiger partial charge is 0.391 e. The van der Waals surface area contributed by atoms with Crippen LogP contribution in [-0.2, 0) is 13.2 Å². The lowest BCUT2D eigenvalue weighted by atomic mass is 10.4. The van der Waals surface area contributed by atoms with E-state index in [0.717, 1.165) is 11.8 Å². The van der Waals surface area contributed by atoms with Crippen LogP contribution in [0.2, 0.25) is 5.15 Å². The highest BCUT2D eigenvalue weighted by atomic mass is 35.5. The lowest BCUT2D eigenvalue weighted by Gasteiger charge is -2.06. The van der Waals surface area contributed by atoms with Crippen LogP contribution in [-0.4, -0.2) is 29.8 Å². The quantitative estimate of drug-likeness (QED) is 0.803. The number of hydrogen-bond donors (Lipinski definition) is 2. The Hall–Kier alpha value is -1.38. The van der Waals surface area contributed by atoms with Crippen LogP contribution in [0.4, 0.5) is 0 Å². The van der Waals surface area contributed by atoms with E-state index in [1.165, 1.54) is 10.9 Å². The molecule has 0 aliphatic rings. The van der Waals surface area contributed by atoms with E-state index >= 15 is 0 Å². The van der Waals surface area contributed by atoms with Crippen molar-refractivity contribution in [1.29, 1.82) is 0 Å². The second kappa shape index (κ2) is 5.51. The van der Waals surface area contributed by atoms with Gasteiger partial charge in [0.1, 0.15) is 16.5 Å². The topological polar surface area (TPSA) is 96.7 Å². The second-order valence-corrected chi connectivity index (χ2v) is 4.58. The van der Waals surface area contributed by atoms with Crippen molar-refractivity contribution >= 4 is 23.4 Å². The summed E-state index contributed by atoms with van der Waals surface area (Å²) >= 11 is 7.00. The van der Waals surface area contributed by atoms with Gasteiger partial charge in [-0.2, -0.15) is 0 Å². The number of nitrogens with one attached hydrogen (secondary N) is 1. The van der Waals surface area contributed by atoms with Gasteiger partial charge in [0.05, 0.1) is 6.61 Å². The number of aromatic nitrogens is 5. The van der Waals surface area contributed by atoms with Crippen molar-refractivity contribution in [2.24, 2.45) is 0 Å². The van der Waals surface area contributed by atoms with Gasteiger partial charge in [-0.15, -0.1) is 5.10 Å². The molecule has 9 heteroatoms. The van der Waals surface area contributed by atoms with Crippen molar-refractivity contribution in [3.05, 3.63) is 27.5 Å². The number of nitrogens with zero attached hydrogens (tertiary/aromatic N) is 4. The number of aromatic amines is 1. The van der Waals surface area contributed by atoms with Crippen LogP contribution in [0.1, 0.15) is 12.5 Å². The van der Waals surface area contributed by atoms with Crippen LogP contribution in [0.5, 0.6) is 0 Å². The highest BCUT2D eigenvalue weighted by Crippen LogP contribution is 2.29. The summed E-state index contributed by atoms with van der Waals surface area (Å²) in [6, 6.07) is 0. The van der Waals surface area contributed by atoms with Crippen molar-refractivity contribution in [3.8, 4) is 0 Å². The highest BCUT2D eigenvalue weighted by molar-refractivity contribution is 7.99. The van der Waals surface area contributed by atoms with Crippen LogP contribution in [0, 0.1) is 0 Å². The fourth-order valence-electron chi connectivity index (χ4n) is 1.34. The summed E-state index contributed by atoms with van der Waals surface area (Å²) in [5.74, 6) is 0. The van der Waals surface area contributed by atoms with Gasteiger partial charge in [-0.3, -0.25) is 4.57 Å². The molecule has 2 N–H and O–H groups in total. The lowest BCUT2D eigenvalue weighted by Crippen LogP contribution is -2.16. The van der Waals surface area contributed by atoms with Gasteiger partial charge in [0.2, 0.25) is 0 Å². The molecule has 2 rings (SSSR count). The number of halogens is 1. The molecule has 0 unspecified atom stereocenters. The van der Waals surface area contributed by atoms with Gasteiger partial charge in [0.15, 0.2) is 5.16 Å². The Kier molecular flexibility index (Phi) is 4.00. The van der Waals surface area contributed by atoms with Gasteiger partial charge < -0.3 is 5.11 Å². The van der Waals surface area contributed by atoms with Crippen molar-refractivity contribution in [2.45, 2.75) is 30.3 Å². The molecular weight excluding hydrogens is 278 g/mol. The summed E-state index contributed by atoms with van der Waals surface area (Å²) in [6.45, 7) is 2.05. The minimum atomic E-state index is -0.286. The molecule has 0 aromatic carbocycles. The Balaban J connectivity index is 2.40. The van der Waals surface area contributed by atoms with E-state index in [-0.39, 0.29) is 17.4 Å². The van der Waals surface area contributed by atoms with E-state index in [4.69, 9.17) is 11.6 Å². The fraction of sp³-hybridized carbons (Fsp3) is 0.333. The van der Waals surface area contributed by atoms with Gasteiger partial charge in [-0.05, 0) is 18.7 Å². The first-order chi connectivity index (χ1) is 8.67. The summed E-state index contributed by atoms with van der Waals surface area (Å²) in [7, 11) is 0. The first-order valence-corrected chi connectivity index (χ1v) is 6.30. The maximum Gasteiger partial charge on any atom is 0.343 e. The summed E-state index contributed by atoms with van der Waals surface area (Å²) in [6.07, 6.45) is 1.30.